The number of imidazole rings is 1. The number of nitrogens with one attached hydrogen (secondary N) is 1. The van der Waals surface area contributed by atoms with Gasteiger partial charge in [0.1, 0.15) is 5.75 Å². The fourth-order valence-corrected chi connectivity index (χ4v) is 5.04. The number of nitrogens with zero attached hydrogens (tertiary/aromatic N) is 3. The number of piperidine rings is 1. The van der Waals surface area contributed by atoms with Gasteiger partial charge in [0, 0.05) is 41.7 Å². The number of Topliss-reactive ketones (excluding diaryl/α,β-unsaturated/α-hetero) is 1. The third-order valence-corrected chi connectivity index (χ3v) is 7.14. The van der Waals surface area contributed by atoms with Gasteiger partial charge in [-0.05, 0) is 55.3 Å². The second-order valence-corrected chi connectivity index (χ2v) is 12.2. The quantitative estimate of drug-likeness (QED) is 0.389. The number of hydrogen-bond donors (Lipinski definition) is 2. The van der Waals surface area contributed by atoms with Crippen LogP contribution in [0.15, 0.2) is 18.3 Å². The second-order valence-electron chi connectivity index (χ2n) is 12.2. The molecule has 1 saturated heterocycles. The average molecular weight is 564 g/mol. The first kappa shape index (κ1) is 30.4. The largest absolute Gasteiger partial charge is 0.507 e. The molecule has 0 spiro atoms. The fourth-order valence-electron chi connectivity index (χ4n) is 5.04. The molecule has 1 aliphatic heterocycles. The summed E-state index contributed by atoms with van der Waals surface area (Å²) in [4.78, 5) is 16.0. The number of carbonyl (C=O) groups is 1. The third kappa shape index (κ3) is 7.12. The lowest BCUT2D eigenvalue weighted by atomic mass is 9.78. The molecule has 0 amide bonds. The number of phenols is 1. The SMILES string of the molecule is Br.CCCc1cn(CC(=O)c2cc(C(C)(C)C)c(O)c(C(C)(C)C)c2)c(=N)n1CCN1CCCCC1. The summed E-state index contributed by atoms with van der Waals surface area (Å²) < 4.78 is 3.88. The highest BCUT2D eigenvalue weighted by Gasteiger charge is 2.28. The van der Waals surface area contributed by atoms with E-state index in [0.717, 1.165) is 55.8 Å². The molecule has 3 rings (SSSR count). The van der Waals surface area contributed by atoms with Crippen LogP contribution in [-0.2, 0) is 30.3 Å². The number of aromatic hydroxyl groups is 1. The van der Waals surface area contributed by atoms with E-state index in [9.17, 15) is 9.90 Å². The minimum Gasteiger partial charge on any atom is -0.507 e. The summed E-state index contributed by atoms with van der Waals surface area (Å²) in [6.45, 7) is 18.6. The molecule has 1 fully saturated rings. The number of halogens is 1. The molecule has 0 radical (unpaired) electrons. The Morgan fingerprint density at radius 3 is 2.03 bits per heavy atom. The van der Waals surface area contributed by atoms with Gasteiger partial charge in [0.15, 0.2) is 5.78 Å². The zero-order valence-corrected chi connectivity index (χ0v) is 25.1. The molecular formula is C29H47BrN4O2. The summed E-state index contributed by atoms with van der Waals surface area (Å²) >= 11 is 0. The highest BCUT2D eigenvalue weighted by atomic mass is 79.9. The smallest absolute Gasteiger partial charge is 0.202 e. The normalized spacial score (nSPS) is 15.1. The lowest BCUT2D eigenvalue weighted by Crippen LogP contribution is -2.36. The molecule has 0 saturated carbocycles. The highest BCUT2D eigenvalue weighted by molar-refractivity contribution is 8.93. The number of aryl methyl sites for hydroxylation is 1. The number of phenolic OH excluding ortho intramolecular Hbond substituents is 1. The molecule has 7 heteroatoms. The molecule has 2 N–H and O–H groups in total. The monoisotopic (exact) mass is 562 g/mol. The van der Waals surface area contributed by atoms with E-state index in [1.54, 1.807) is 4.57 Å². The van der Waals surface area contributed by atoms with E-state index in [4.69, 9.17) is 5.41 Å². The molecule has 0 aliphatic carbocycles. The van der Waals surface area contributed by atoms with Crippen LogP contribution in [0.2, 0.25) is 0 Å². The topological polar surface area (TPSA) is 74.3 Å². The Hall–Kier alpha value is -1.86. The average Bonchev–Trinajstić information content (AvgIpc) is 3.05. The second kappa shape index (κ2) is 12.1. The number of ketones is 1. The van der Waals surface area contributed by atoms with Gasteiger partial charge in [0.05, 0.1) is 6.54 Å². The summed E-state index contributed by atoms with van der Waals surface area (Å²) in [5.41, 5.74) is 3.11. The maximum atomic E-state index is 13.5. The van der Waals surface area contributed by atoms with Gasteiger partial charge < -0.3 is 19.1 Å². The molecule has 6 nitrogen and oxygen atoms in total. The van der Waals surface area contributed by atoms with Crippen molar-refractivity contribution in [1.82, 2.24) is 14.0 Å². The molecule has 36 heavy (non-hydrogen) atoms. The number of aromatic nitrogens is 2. The molecule has 0 unspecified atom stereocenters. The van der Waals surface area contributed by atoms with Crippen molar-refractivity contribution >= 4 is 22.8 Å². The number of hydrogen-bond acceptors (Lipinski definition) is 4. The highest BCUT2D eigenvalue weighted by Crippen LogP contribution is 2.39. The Bertz CT molecular complexity index is 1060. The van der Waals surface area contributed by atoms with Crippen LogP contribution in [0.5, 0.6) is 5.75 Å². The van der Waals surface area contributed by atoms with Gasteiger partial charge >= 0.3 is 0 Å². The van der Waals surface area contributed by atoms with Crippen molar-refractivity contribution in [3.63, 3.8) is 0 Å². The van der Waals surface area contributed by atoms with Crippen molar-refractivity contribution in [2.45, 2.75) is 104 Å². The van der Waals surface area contributed by atoms with Gasteiger partial charge in [-0.2, -0.15) is 0 Å². The summed E-state index contributed by atoms with van der Waals surface area (Å²) in [7, 11) is 0. The van der Waals surface area contributed by atoms with Crippen LogP contribution in [0.3, 0.4) is 0 Å². The zero-order chi connectivity index (χ0) is 26.0. The summed E-state index contributed by atoms with van der Waals surface area (Å²) in [5, 5.41) is 19.9. The van der Waals surface area contributed by atoms with Crippen molar-refractivity contribution < 1.29 is 9.90 Å². The first-order valence-corrected chi connectivity index (χ1v) is 13.3. The molecule has 1 aromatic heterocycles. The number of likely N-dealkylation sites (tertiary alicyclic amines) is 1. The van der Waals surface area contributed by atoms with Crippen molar-refractivity contribution in [2.24, 2.45) is 0 Å². The van der Waals surface area contributed by atoms with Crippen LogP contribution >= 0.6 is 17.0 Å². The Morgan fingerprint density at radius 2 is 1.53 bits per heavy atom. The fraction of sp³-hybridized carbons (Fsp3) is 0.655. The molecule has 0 bridgehead atoms. The van der Waals surface area contributed by atoms with Crippen LogP contribution < -0.4 is 5.62 Å². The summed E-state index contributed by atoms with van der Waals surface area (Å²) in [6, 6.07) is 3.69. The van der Waals surface area contributed by atoms with Gasteiger partial charge in [0.2, 0.25) is 5.62 Å². The van der Waals surface area contributed by atoms with E-state index in [-0.39, 0.29) is 45.9 Å². The first-order valence-electron chi connectivity index (χ1n) is 13.3. The Labute approximate surface area is 228 Å². The number of rotatable bonds is 8. The predicted octanol–water partition coefficient (Wildman–Crippen LogP) is 5.97. The maximum Gasteiger partial charge on any atom is 0.202 e. The predicted molar refractivity (Wildman–Crippen MR) is 153 cm³/mol. The first-order chi connectivity index (χ1) is 16.3. The third-order valence-electron chi connectivity index (χ3n) is 7.14. The van der Waals surface area contributed by atoms with Gasteiger partial charge in [0.25, 0.3) is 0 Å². The lowest BCUT2D eigenvalue weighted by Gasteiger charge is -2.28. The Balaban J connectivity index is 0.00000456. The zero-order valence-electron chi connectivity index (χ0n) is 23.4. The molecule has 0 atom stereocenters. The molecular weight excluding hydrogens is 516 g/mol. The van der Waals surface area contributed by atoms with Crippen LogP contribution in [0.4, 0.5) is 0 Å². The van der Waals surface area contributed by atoms with E-state index in [1.807, 2.05) is 18.3 Å². The molecule has 2 heterocycles. The van der Waals surface area contributed by atoms with Crippen molar-refractivity contribution in [3.05, 3.63) is 46.3 Å². The van der Waals surface area contributed by atoms with Gasteiger partial charge in [-0.3, -0.25) is 10.2 Å². The van der Waals surface area contributed by atoms with Crippen molar-refractivity contribution in [2.75, 3.05) is 19.6 Å². The van der Waals surface area contributed by atoms with Gasteiger partial charge in [-0.1, -0.05) is 61.3 Å². The molecule has 1 aliphatic rings. The maximum absolute atomic E-state index is 13.5. The standard InChI is InChI=1S/C29H46N4O2.BrH/c1-8-12-22-19-32(27(30)33(22)16-15-31-13-10-9-11-14-31)20-25(34)21-17-23(28(2,3)4)26(35)24(18-21)29(5,6)7;/h17-19,30,35H,8-16,20H2,1-7H3;1H. The minimum atomic E-state index is -0.291. The molecule has 2 aromatic rings. The van der Waals surface area contributed by atoms with E-state index in [2.05, 4.69) is 57.9 Å². The summed E-state index contributed by atoms with van der Waals surface area (Å²) in [6.07, 6.45) is 7.73. The van der Waals surface area contributed by atoms with Crippen LogP contribution in [-0.4, -0.2) is 44.6 Å². The van der Waals surface area contributed by atoms with Crippen molar-refractivity contribution in [3.8, 4) is 5.75 Å². The van der Waals surface area contributed by atoms with Gasteiger partial charge in [-0.15, -0.1) is 17.0 Å². The van der Waals surface area contributed by atoms with Crippen LogP contribution in [0, 0.1) is 5.41 Å². The van der Waals surface area contributed by atoms with Crippen LogP contribution in [0.25, 0.3) is 0 Å². The van der Waals surface area contributed by atoms with Crippen LogP contribution in [0.1, 0.15) is 101 Å². The Morgan fingerprint density at radius 1 is 0.972 bits per heavy atom. The van der Waals surface area contributed by atoms with Crippen molar-refractivity contribution in [1.29, 1.82) is 5.41 Å². The minimum absolute atomic E-state index is 0. The Kier molecular flexibility index (Phi) is 10.2. The van der Waals surface area contributed by atoms with E-state index >= 15 is 0 Å². The van der Waals surface area contributed by atoms with E-state index in [1.165, 1.54) is 19.3 Å². The summed E-state index contributed by atoms with van der Waals surface area (Å²) in [5.74, 6) is 0.250. The van der Waals surface area contributed by atoms with Gasteiger partial charge in [-0.25, -0.2) is 0 Å². The number of benzene rings is 1. The van der Waals surface area contributed by atoms with E-state index in [0.29, 0.717) is 11.2 Å². The molecule has 1 aromatic carbocycles. The number of carbonyl (C=O) groups excluding carboxylic acids is 1. The van der Waals surface area contributed by atoms with E-state index < -0.39 is 0 Å². The lowest BCUT2D eigenvalue weighted by molar-refractivity contribution is 0.0969. The molecule has 202 valence electrons.